The zero-order valence-electron chi connectivity index (χ0n) is 11.6. The van der Waals surface area contributed by atoms with Gasteiger partial charge in [-0.2, -0.15) is 13.2 Å². The van der Waals surface area contributed by atoms with Crippen LogP contribution in [0.3, 0.4) is 0 Å². The highest BCUT2D eigenvalue weighted by Crippen LogP contribution is 2.29. The zero-order chi connectivity index (χ0) is 14.3. The second-order valence-electron chi connectivity index (χ2n) is 4.88. The van der Waals surface area contributed by atoms with Gasteiger partial charge in [-0.1, -0.05) is 44.4 Å². The maximum Gasteiger partial charge on any atom is 0.416 e. The van der Waals surface area contributed by atoms with Gasteiger partial charge in [0.1, 0.15) is 0 Å². The van der Waals surface area contributed by atoms with Crippen LogP contribution in [-0.2, 0) is 12.6 Å². The Morgan fingerprint density at radius 1 is 1.21 bits per heavy atom. The first-order chi connectivity index (χ1) is 8.97. The Hall–Kier alpha value is -1.03. The average Bonchev–Trinajstić information content (AvgIpc) is 2.37. The highest BCUT2D eigenvalue weighted by atomic mass is 19.4. The van der Waals surface area contributed by atoms with Gasteiger partial charge in [0.15, 0.2) is 0 Å². The van der Waals surface area contributed by atoms with Crippen molar-refractivity contribution in [3.8, 4) is 0 Å². The average molecular weight is 273 g/mol. The van der Waals surface area contributed by atoms with Crippen LogP contribution in [0.4, 0.5) is 13.2 Å². The molecule has 0 aromatic heterocycles. The predicted octanol–water partition coefficient (Wildman–Crippen LogP) is 4.42. The standard InChI is InChI=1S/C15H22F3N/c1-3-4-5-9-14(19-2)11-12-7-6-8-13(10-12)15(16,17)18/h6-8,10,14,19H,3-5,9,11H2,1-2H3. The third-order valence-electron chi connectivity index (χ3n) is 3.30. The number of hydrogen-bond acceptors (Lipinski definition) is 1. The first kappa shape index (κ1) is 16.0. The molecule has 0 saturated carbocycles. The molecule has 0 amide bonds. The molecule has 1 unspecified atom stereocenters. The van der Waals surface area contributed by atoms with Crippen molar-refractivity contribution < 1.29 is 13.2 Å². The second-order valence-corrected chi connectivity index (χ2v) is 4.88. The Kier molecular flexibility index (Phi) is 6.35. The molecule has 1 aromatic rings. The van der Waals surface area contributed by atoms with Crippen molar-refractivity contribution in [1.29, 1.82) is 0 Å². The fraction of sp³-hybridized carbons (Fsp3) is 0.600. The van der Waals surface area contributed by atoms with Crippen molar-refractivity contribution in [3.05, 3.63) is 35.4 Å². The van der Waals surface area contributed by atoms with Crippen molar-refractivity contribution in [2.45, 2.75) is 51.2 Å². The molecule has 0 saturated heterocycles. The number of unbranched alkanes of at least 4 members (excludes halogenated alkanes) is 2. The summed E-state index contributed by atoms with van der Waals surface area (Å²) in [6.07, 6.45) is 0.819. The maximum atomic E-state index is 12.6. The molecule has 0 spiro atoms. The molecule has 1 atom stereocenters. The number of likely N-dealkylation sites (N-methyl/N-ethyl adjacent to an activating group) is 1. The van der Waals surface area contributed by atoms with Crippen LogP contribution >= 0.6 is 0 Å². The summed E-state index contributed by atoms with van der Waals surface area (Å²) in [6, 6.07) is 5.87. The van der Waals surface area contributed by atoms with E-state index >= 15 is 0 Å². The molecule has 1 aromatic carbocycles. The quantitative estimate of drug-likeness (QED) is 0.725. The molecular formula is C15H22F3N. The summed E-state index contributed by atoms with van der Waals surface area (Å²) in [5.74, 6) is 0. The van der Waals surface area contributed by atoms with Crippen LogP contribution in [0.2, 0.25) is 0 Å². The minimum atomic E-state index is -4.26. The Balaban J connectivity index is 2.64. The lowest BCUT2D eigenvalue weighted by molar-refractivity contribution is -0.137. The maximum absolute atomic E-state index is 12.6. The monoisotopic (exact) mass is 273 g/mol. The molecule has 0 radical (unpaired) electrons. The van der Waals surface area contributed by atoms with Crippen molar-refractivity contribution in [2.24, 2.45) is 0 Å². The minimum Gasteiger partial charge on any atom is -0.317 e. The van der Waals surface area contributed by atoms with Crippen LogP contribution < -0.4 is 5.32 Å². The van der Waals surface area contributed by atoms with Gasteiger partial charge < -0.3 is 5.32 Å². The van der Waals surface area contributed by atoms with E-state index in [1.165, 1.54) is 18.6 Å². The summed E-state index contributed by atoms with van der Waals surface area (Å²) in [7, 11) is 1.87. The van der Waals surface area contributed by atoms with Crippen LogP contribution in [0.1, 0.15) is 43.7 Å². The van der Waals surface area contributed by atoms with Gasteiger partial charge in [-0.15, -0.1) is 0 Å². The number of alkyl halides is 3. The minimum absolute atomic E-state index is 0.245. The van der Waals surface area contributed by atoms with E-state index in [1.54, 1.807) is 6.07 Å². The lowest BCUT2D eigenvalue weighted by Gasteiger charge is -2.17. The summed E-state index contributed by atoms with van der Waals surface area (Å²) in [5.41, 5.74) is 0.180. The fourth-order valence-corrected chi connectivity index (χ4v) is 2.15. The SMILES string of the molecule is CCCCCC(Cc1cccc(C(F)(F)F)c1)NC. The van der Waals surface area contributed by atoms with E-state index in [1.807, 2.05) is 7.05 Å². The number of nitrogens with one attached hydrogen (secondary N) is 1. The van der Waals surface area contributed by atoms with E-state index in [0.29, 0.717) is 6.42 Å². The van der Waals surface area contributed by atoms with Crippen molar-refractivity contribution in [2.75, 3.05) is 7.05 Å². The fourth-order valence-electron chi connectivity index (χ4n) is 2.15. The van der Waals surface area contributed by atoms with Gasteiger partial charge in [0.2, 0.25) is 0 Å². The second kappa shape index (κ2) is 7.53. The molecule has 0 aliphatic heterocycles. The number of hydrogen-bond donors (Lipinski definition) is 1. The van der Waals surface area contributed by atoms with Gasteiger partial charge in [0, 0.05) is 6.04 Å². The molecule has 0 aliphatic carbocycles. The summed E-state index contributed by atoms with van der Waals surface area (Å²) in [5, 5.41) is 3.19. The molecule has 19 heavy (non-hydrogen) atoms. The number of rotatable bonds is 7. The normalized spacial score (nSPS) is 13.5. The number of halogens is 3. The highest BCUT2D eigenvalue weighted by molar-refractivity contribution is 5.26. The van der Waals surface area contributed by atoms with Gasteiger partial charge in [0.05, 0.1) is 5.56 Å². The Bertz CT molecular complexity index is 374. The smallest absolute Gasteiger partial charge is 0.317 e. The van der Waals surface area contributed by atoms with Gasteiger partial charge >= 0.3 is 6.18 Å². The van der Waals surface area contributed by atoms with E-state index in [4.69, 9.17) is 0 Å². The van der Waals surface area contributed by atoms with Gasteiger partial charge in [-0.25, -0.2) is 0 Å². The summed E-state index contributed by atoms with van der Waals surface area (Å²) >= 11 is 0. The predicted molar refractivity (Wildman–Crippen MR) is 72.1 cm³/mol. The van der Waals surface area contributed by atoms with Crippen LogP contribution in [-0.4, -0.2) is 13.1 Å². The highest BCUT2D eigenvalue weighted by Gasteiger charge is 2.30. The van der Waals surface area contributed by atoms with Gasteiger partial charge in [0.25, 0.3) is 0 Å². The molecule has 0 bridgehead atoms. The lowest BCUT2D eigenvalue weighted by Crippen LogP contribution is -2.27. The van der Waals surface area contributed by atoms with E-state index in [-0.39, 0.29) is 6.04 Å². The van der Waals surface area contributed by atoms with E-state index in [2.05, 4.69) is 12.2 Å². The molecule has 4 heteroatoms. The van der Waals surface area contributed by atoms with Crippen molar-refractivity contribution >= 4 is 0 Å². The van der Waals surface area contributed by atoms with Crippen molar-refractivity contribution in [3.63, 3.8) is 0 Å². The molecule has 1 nitrogen and oxygen atoms in total. The molecule has 1 N–H and O–H groups in total. The first-order valence-electron chi connectivity index (χ1n) is 6.80. The Labute approximate surface area is 113 Å². The van der Waals surface area contributed by atoms with Gasteiger partial charge in [-0.05, 0) is 31.5 Å². The molecule has 0 heterocycles. The van der Waals surface area contributed by atoms with Crippen molar-refractivity contribution in [1.82, 2.24) is 5.32 Å². The summed E-state index contributed by atoms with van der Waals surface area (Å²) < 4.78 is 37.9. The van der Waals surface area contributed by atoms with Crippen LogP contribution in [0.15, 0.2) is 24.3 Å². The molecule has 1 rings (SSSR count). The molecular weight excluding hydrogens is 251 g/mol. The zero-order valence-corrected chi connectivity index (χ0v) is 11.6. The summed E-state index contributed by atoms with van der Waals surface area (Å²) in [4.78, 5) is 0. The first-order valence-corrected chi connectivity index (χ1v) is 6.80. The summed E-state index contributed by atoms with van der Waals surface area (Å²) in [6.45, 7) is 2.14. The van der Waals surface area contributed by atoms with Crippen LogP contribution in [0.5, 0.6) is 0 Å². The lowest BCUT2D eigenvalue weighted by atomic mass is 9.99. The van der Waals surface area contributed by atoms with E-state index < -0.39 is 11.7 Å². The third-order valence-corrected chi connectivity index (χ3v) is 3.30. The van der Waals surface area contributed by atoms with E-state index in [9.17, 15) is 13.2 Å². The molecule has 0 fully saturated rings. The third kappa shape index (κ3) is 5.64. The Morgan fingerprint density at radius 3 is 2.53 bits per heavy atom. The Morgan fingerprint density at radius 2 is 1.95 bits per heavy atom. The number of benzene rings is 1. The largest absolute Gasteiger partial charge is 0.416 e. The van der Waals surface area contributed by atoms with Crippen LogP contribution in [0, 0.1) is 0 Å². The van der Waals surface area contributed by atoms with Crippen LogP contribution in [0.25, 0.3) is 0 Å². The van der Waals surface area contributed by atoms with Gasteiger partial charge in [-0.3, -0.25) is 0 Å². The topological polar surface area (TPSA) is 12.0 Å². The molecule has 0 aliphatic rings. The van der Waals surface area contributed by atoms with E-state index in [0.717, 1.165) is 30.9 Å². The molecule has 108 valence electrons.